The molecule has 0 heterocycles. The summed E-state index contributed by atoms with van der Waals surface area (Å²) in [7, 11) is 0. The van der Waals surface area contributed by atoms with Crippen LogP contribution in [0, 0.1) is 0 Å². The molecular formula is C10H11BrF4N4. The summed E-state index contributed by atoms with van der Waals surface area (Å²) in [5, 5.41) is 0. The van der Waals surface area contributed by atoms with E-state index < -0.39 is 23.9 Å². The zero-order valence-electron chi connectivity index (χ0n) is 9.66. The van der Waals surface area contributed by atoms with Gasteiger partial charge in [-0.2, -0.15) is 13.2 Å². The lowest BCUT2D eigenvalue weighted by atomic mass is 10.2. The molecule has 0 aromatic carbocycles. The van der Waals surface area contributed by atoms with Crippen LogP contribution in [0.3, 0.4) is 0 Å². The Bertz CT molecular complexity index is 426. The van der Waals surface area contributed by atoms with Crippen LogP contribution in [0.2, 0.25) is 0 Å². The van der Waals surface area contributed by atoms with E-state index in [1.165, 1.54) is 0 Å². The third-order valence-electron chi connectivity index (χ3n) is 1.63. The highest BCUT2D eigenvalue weighted by molar-refractivity contribution is 9.11. The predicted molar refractivity (Wildman–Crippen MR) is 71.4 cm³/mol. The Morgan fingerprint density at radius 1 is 1.42 bits per heavy atom. The second-order valence-corrected chi connectivity index (χ2v) is 3.88. The Labute approximate surface area is 115 Å². The largest absolute Gasteiger partial charge is 0.451 e. The molecule has 0 aromatic rings. The summed E-state index contributed by atoms with van der Waals surface area (Å²) in [6.07, 6.45) is -3.66. The summed E-state index contributed by atoms with van der Waals surface area (Å²) >= 11 is 2.77. The number of hydrogen-bond donors (Lipinski definition) is 1. The van der Waals surface area contributed by atoms with E-state index in [0.29, 0.717) is 6.20 Å². The van der Waals surface area contributed by atoms with Crippen LogP contribution in [-0.4, -0.2) is 31.0 Å². The van der Waals surface area contributed by atoms with E-state index in [4.69, 9.17) is 5.73 Å². The molecule has 0 aliphatic heterocycles. The fraction of sp³-hybridized carbons (Fsp3) is 0.300. The molecule has 0 saturated carbocycles. The van der Waals surface area contributed by atoms with Crippen molar-refractivity contribution in [3.05, 3.63) is 23.2 Å². The maximum Gasteiger partial charge on any atom is 0.451 e. The molecule has 2 N–H and O–H groups in total. The summed E-state index contributed by atoms with van der Waals surface area (Å²) < 4.78 is 50.1. The van der Waals surface area contributed by atoms with Crippen molar-refractivity contribution in [1.29, 1.82) is 0 Å². The van der Waals surface area contributed by atoms with Crippen molar-refractivity contribution in [3.8, 4) is 0 Å². The average Bonchev–Trinajstić information content (AvgIpc) is 2.31. The molecule has 0 amide bonds. The van der Waals surface area contributed by atoms with Gasteiger partial charge in [0.2, 0.25) is 5.84 Å². The van der Waals surface area contributed by atoms with Crippen LogP contribution in [-0.2, 0) is 0 Å². The number of nitrogens with zero attached hydrogens (tertiary/aromatic N) is 3. The van der Waals surface area contributed by atoms with Crippen molar-refractivity contribution in [2.24, 2.45) is 20.7 Å². The van der Waals surface area contributed by atoms with Gasteiger partial charge in [0.05, 0.1) is 0 Å². The van der Waals surface area contributed by atoms with Crippen LogP contribution in [0.25, 0.3) is 0 Å². The predicted octanol–water partition coefficient (Wildman–Crippen LogP) is 3.11. The molecule has 1 atom stereocenters. The number of nitrogens with two attached hydrogens (primary N) is 1. The Kier molecular flexibility index (Phi) is 7.38. The highest BCUT2D eigenvalue weighted by atomic mass is 79.9. The summed E-state index contributed by atoms with van der Waals surface area (Å²) in [6.45, 7) is 6.11. The van der Waals surface area contributed by atoms with Gasteiger partial charge >= 0.3 is 6.18 Å². The van der Waals surface area contributed by atoms with Gasteiger partial charge in [0, 0.05) is 24.9 Å². The Morgan fingerprint density at radius 3 is 2.42 bits per heavy atom. The molecule has 106 valence electrons. The summed E-state index contributed by atoms with van der Waals surface area (Å²) in [4.78, 5) is 9.29. The average molecular weight is 343 g/mol. The van der Waals surface area contributed by atoms with Crippen LogP contribution in [0.4, 0.5) is 17.6 Å². The highest BCUT2D eigenvalue weighted by Crippen LogP contribution is 2.19. The monoisotopic (exact) mass is 342 g/mol. The molecule has 0 aromatic heterocycles. The topological polar surface area (TPSA) is 63.1 Å². The van der Waals surface area contributed by atoms with E-state index in [-0.39, 0.29) is 11.0 Å². The first-order valence-corrected chi connectivity index (χ1v) is 5.58. The van der Waals surface area contributed by atoms with E-state index in [9.17, 15) is 17.6 Å². The van der Waals surface area contributed by atoms with Crippen LogP contribution in [0.5, 0.6) is 0 Å². The van der Waals surface area contributed by atoms with Crippen LogP contribution in [0.15, 0.2) is 38.2 Å². The van der Waals surface area contributed by atoms with Crippen LogP contribution < -0.4 is 5.73 Å². The van der Waals surface area contributed by atoms with Crippen molar-refractivity contribution < 1.29 is 17.6 Å². The van der Waals surface area contributed by atoms with E-state index in [0.717, 1.165) is 6.21 Å². The van der Waals surface area contributed by atoms with Gasteiger partial charge in [-0.25, -0.2) is 14.4 Å². The first kappa shape index (κ1) is 17.6. The van der Waals surface area contributed by atoms with E-state index in [2.05, 4.69) is 44.2 Å². The summed E-state index contributed by atoms with van der Waals surface area (Å²) in [6, 6.07) is -1.06. The molecule has 1 unspecified atom stereocenters. The molecule has 0 bridgehead atoms. The molecule has 0 spiro atoms. The Hall–Kier alpha value is -1.35. The van der Waals surface area contributed by atoms with Gasteiger partial charge in [0.25, 0.3) is 0 Å². The second kappa shape index (κ2) is 7.95. The summed E-state index contributed by atoms with van der Waals surface area (Å²) in [5.74, 6) is -2.16. The number of amidine groups is 1. The van der Waals surface area contributed by atoms with Crippen molar-refractivity contribution >= 4 is 34.7 Å². The normalized spacial score (nSPS) is 16.2. The lowest BCUT2D eigenvalue weighted by Gasteiger charge is -2.07. The van der Waals surface area contributed by atoms with E-state index in [1.54, 1.807) is 0 Å². The molecule has 19 heavy (non-hydrogen) atoms. The van der Waals surface area contributed by atoms with Crippen LogP contribution in [0.1, 0.15) is 6.42 Å². The van der Waals surface area contributed by atoms with Gasteiger partial charge in [0.15, 0.2) is 0 Å². The molecule has 0 rings (SSSR count). The number of rotatable bonds is 5. The minimum atomic E-state index is -4.73. The van der Waals surface area contributed by atoms with Crippen molar-refractivity contribution in [2.45, 2.75) is 18.6 Å². The first-order chi connectivity index (χ1) is 8.72. The maximum absolute atomic E-state index is 13.2. The smallest absolute Gasteiger partial charge is 0.323 e. The third-order valence-corrected chi connectivity index (χ3v) is 2.31. The number of halogens is 5. The SMILES string of the molecule is C=C/N=C(\N=C/C(N)C/C(F)=C(/Br)N=C)C(F)(F)F. The minimum absolute atomic E-state index is 0.160. The van der Waals surface area contributed by atoms with Crippen molar-refractivity contribution in [3.63, 3.8) is 0 Å². The van der Waals surface area contributed by atoms with E-state index >= 15 is 0 Å². The fourth-order valence-corrected chi connectivity index (χ4v) is 1.02. The molecule has 0 radical (unpaired) electrons. The van der Waals surface area contributed by atoms with Gasteiger partial charge in [-0.3, -0.25) is 4.99 Å². The fourth-order valence-electron chi connectivity index (χ4n) is 0.862. The second-order valence-electron chi connectivity index (χ2n) is 3.13. The zero-order valence-corrected chi connectivity index (χ0v) is 11.2. The quantitative estimate of drug-likeness (QED) is 0.355. The molecule has 0 aliphatic rings. The standard InChI is InChI=1S/C10H11BrF4N4/c1-3-18-9(10(13,14)15)19-5-6(16)4-7(12)8(11)17-2/h3,5-6H,1-2,4,16H2/b8-7+,18-9-,19-5-. The van der Waals surface area contributed by atoms with Gasteiger partial charge in [-0.15, -0.1) is 0 Å². The third kappa shape index (κ3) is 6.97. The molecule has 9 heteroatoms. The zero-order chi connectivity index (χ0) is 15.1. The Balaban J connectivity index is 4.84. The molecule has 0 saturated heterocycles. The lowest BCUT2D eigenvalue weighted by Crippen LogP contribution is -2.26. The Morgan fingerprint density at radius 2 is 2.00 bits per heavy atom. The van der Waals surface area contributed by atoms with Gasteiger partial charge < -0.3 is 5.73 Å². The van der Waals surface area contributed by atoms with E-state index in [1.807, 2.05) is 0 Å². The van der Waals surface area contributed by atoms with Gasteiger partial charge in [-0.05, 0) is 22.6 Å². The van der Waals surface area contributed by atoms with Crippen molar-refractivity contribution in [1.82, 2.24) is 0 Å². The number of aliphatic imine (C=N–C) groups is 3. The highest BCUT2D eigenvalue weighted by Gasteiger charge is 2.35. The molecule has 0 aliphatic carbocycles. The molecule has 4 nitrogen and oxygen atoms in total. The number of alkyl halides is 3. The van der Waals surface area contributed by atoms with Gasteiger partial charge in [-0.1, -0.05) is 6.58 Å². The van der Waals surface area contributed by atoms with Crippen molar-refractivity contribution in [2.75, 3.05) is 0 Å². The maximum atomic E-state index is 13.2. The first-order valence-electron chi connectivity index (χ1n) is 4.79. The number of hydrogen-bond acceptors (Lipinski definition) is 3. The summed E-state index contributed by atoms with van der Waals surface area (Å²) in [5.41, 5.74) is 5.40. The molecule has 0 fully saturated rings. The lowest BCUT2D eigenvalue weighted by molar-refractivity contribution is -0.0596. The van der Waals surface area contributed by atoms with Gasteiger partial charge in [0.1, 0.15) is 10.4 Å². The van der Waals surface area contributed by atoms with Crippen LogP contribution >= 0.6 is 15.9 Å². The molecular weight excluding hydrogens is 332 g/mol. The minimum Gasteiger partial charge on any atom is -0.323 e.